The van der Waals surface area contributed by atoms with E-state index >= 15 is 0 Å². The number of anilines is 4. The third kappa shape index (κ3) is 5.16. The predicted octanol–water partition coefficient (Wildman–Crippen LogP) is 3.47. The third-order valence-corrected chi connectivity index (χ3v) is 7.78. The second kappa shape index (κ2) is 10.4. The van der Waals surface area contributed by atoms with E-state index in [0.717, 1.165) is 61.5 Å². The molecule has 1 saturated carbocycles. The summed E-state index contributed by atoms with van der Waals surface area (Å²) in [5.74, 6) is 1.36. The first-order valence-electron chi connectivity index (χ1n) is 13.2. The van der Waals surface area contributed by atoms with Gasteiger partial charge in [0.25, 0.3) is 5.91 Å². The molecule has 1 aliphatic carbocycles. The van der Waals surface area contributed by atoms with Gasteiger partial charge in [-0.3, -0.25) is 9.59 Å². The summed E-state index contributed by atoms with van der Waals surface area (Å²) in [6.07, 6.45) is 9.03. The van der Waals surface area contributed by atoms with Crippen molar-refractivity contribution in [2.75, 3.05) is 48.8 Å². The van der Waals surface area contributed by atoms with E-state index in [4.69, 9.17) is 4.98 Å². The molecule has 1 unspecified atom stereocenters. The fourth-order valence-electron chi connectivity index (χ4n) is 5.69. The van der Waals surface area contributed by atoms with Crippen LogP contribution in [0.1, 0.15) is 60.9 Å². The summed E-state index contributed by atoms with van der Waals surface area (Å²) < 4.78 is 0. The van der Waals surface area contributed by atoms with Gasteiger partial charge in [-0.2, -0.15) is 4.98 Å². The highest BCUT2D eigenvalue weighted by Gasteiger charge is 2.31. The van der Waals surface area contributed by atoms with E-state index in [1.165, 1.54) is 12.8 Å². The van der Waals surface area contributed by atoms with E-state index in [-0.39, 0.29) is 17.9 Å². The van der Waals surface area contributed by atoms with Crippen molar-refractivity contribution in [1.82, 2.24) is 20.2 Å². The number of carbonyl (C=O) groups is 2. The van der Waals surface area contributed by atoms with Gasteiger partial charge in [-0.15, -0.1) is 0 Å². The lowest BCUT2D eigenvalue weighted by molar-refractivity contribution is -0.118. The van der Waals surface area contributed by atoms with Crippen LogP contribution < -0.4 is 20.4 Å². The molecule has 2 N–H and O–H groups in total. The molecule has 1 saturated heterocycles. The Kier molecular flexibility index (Phi) is 7.09. The van der Waals surface area contributed by atoms with Gasteiger partial charge in [-0.1, -0.05) is 12.8 Å². The average Bonchev–Trinajstić information content (AvgIpc) is 3.36. The number of aryl methyl sites for hydroxylation is 1. The molecule has 9 nitrogen and oxygen atoms in total. The van der Waals surface area contributed by atoms with Crippen molar-refractivity contribution in [3.05, 3.63) is 35.5 Å². The highest BCUT2D eigenvalue weighted by Crippen LogP contribution is 2.36. The summed E-state index contributed by atoms with van der Waals surface area (Å²) >= 11 is 0. The monoisotopic (exact) mass is 491 g/mol. The van der Waals surface area contributed by atoms with E-state index in [0.29, 0.717) is 30.5 Å². The van der Waals surface area contributed by atoms with E-state index in [2.05, 4.69) is 32.5 Å². The second-order valence-electron chi connectivity index (χ2n) is 10.5. The minimum Gasteiger partial charge on any atom is -0.351 e. The molecule has 0 bridgehead atoms. The normalized spacial score (nSPS) is 21.3. The molecule has 1 aromatic carbocycles. The molecular formula is C27H37N7O2. The summed E-state index contributed by atoms with van der Waals surface area (Å²) in [4.78, 5) is 41.1. The van der Waals surface area contributed by atoms with Gasteiger partial charge in [-0.05, 0) is 70.0 Å². The van der Waals surface area contributed by atoms with Crippen LogP contribution in [0.2, 0.25) is 0 Å². The van der Waals surface area contributed by atoms with Gasteiger partial charge in [0.1, 0.15) is 5.69 Å². The maximum atomic E-state index is 12.8. The predicted molar refractivity (Wildman–Crippen MR) is 142 cm³/mol. The van der Waals surface area contributed by atoms with Crippen LogP contribution in [0.15, 0.2) is 24.4 Å². The molecule has 36 heavy (non-hydrogen) atoms. The highest BCUT2D eigenvalue weighted by atomic mass is 16.2. The Bertz CT molecular complexity index is 1130. The fourth-order valence-corrected chi connectivity index (χ4v) is 5.69. The SMILES string of the molecule is Cc1cc(C(=O)NC2CCCN(C)C2)ccc1Nc1ncc2c(n1)N(C1CCCC1)CCC(=O)N2C. The Balaban J connectivity index is 1.34. The smallest absolute Gasteiger partial charge is 0.251 e. The van der Waals surface area contributed by atoms with Crippen LogP contribution in [-0.2, 0) is 4.79 Å². The molecular weight excluding hydrogens is 454 g/mol. The topological polar surface area (TPSA) is 93.7 Å². The Hall–Kier alpha value is -3.20. The number of carbonyl (C=O) groups excluding carboxylic acids is 2. The Morgan fingerprint density at radius 1 is 1.08 bits per heavy atom. The molecule has 0 spiro atoms. The molecule has 0 radical (unpaired) electrons. The Morgan fingerprint density at radius 2 is 1.89 bits per heavy atom. The number of benzene rings is 1. The first kappa shape index (κ1) is 24.5. The molecule has 192 valence electrons. The minimum atomic E-state index is -0.0360. The van der Waals surface area contributed by atoms with E-state index in [1.807, 2.05) is 25.1 Å². The number of rotatable bonds is 5. The van der Waals surface area contributed by atoms with Gasteiger partial charge in [0, 0.05) is 49.9 Å². The van der Waals surface area contributed by atoms with E-state index in [9.17, 15) is 9.59 Å². The highest BCUT2D eigenvalue weighted by molar-refractivity contribution is 5.97. The number of piperidine rings is 1. The van der Waals surface area contributed by atoms with Crippen molar-refractivity contribution < 1.29 is 9.59 Å². The van der Waals surface area contributed by atoms with Gasteiger partial charge in [-0.25, -0.2) is 4.98 Å². The number of likely N-dealkylation sites (N-methyl/N-ethyl adjacent to an activating group) is 1. The first-order chi connectivity index (χ1) is 17.4. The number of hydrogen-bond acceptors (Lipinski definition) is 7. The summed E-state index contributed by atoms with van der Waals surface area (Å²) in [7, 11) is 3.89. The molecule has 9 heteroatoms. The molecule has 3 aliphatic rings. The molecule has 1 aromatic heterocycles. The van der Waals surface area contributed by atoms with Crippen LogP contribution in [0, 0.1) is 6.92 Å². The van der Waals surface area contributed by atoms with E-state index in [1.54, 1.807) is 18.1 Å². The molecule has 2 aromatic rings. The Labute approximate surface area is 213 Å². The summed E-state index contributed by atoms with van der Waals surface area (Å²) in [5, 5.41) is 6.52. The van der Waals surface area contributed by atoms with Gasteiger partial charge in [0.15, 0.2) is 5.82 Å². The van der Waals surface area contributed by atoms with Crippen molar-refractivity contribution >= 4 is 35.0 Å². The van der Waals surface area contributed by atoms with Crippen LogP contribution in [0.25, 0.3) is 0 Å². The number of nitrogens with zero attached hydrogens (tertiary/aromatic N) is 5. The third-order valence-electron chi connectivity index (χ3n) is 7.78. The number of likely N-dealkylation sites (tertiary alicyclic amines) is 1. The number of aromatic nitrogens is 2. The van der Waals surface area contributed by atoms with Crippen LogP contribution in [-0.4, -0.2) is 72.5 Å². The number of fused-ring (bicyclic) bond motifs is 1. The maximum absolute atomic E-state index is 12.8. The summed E-state index contributed by atoms with van der Waals surface area (Å²) in [6.45, 7) is 4.63. The van der Waals surface area contributed by atoms with Crippen LogP contribution in [0.3, 0.4) is 0 Å². The number of nitrogens with one attached hydrogen (secondary N) is 2. The van der Waals surface area contributed by atoms with Crippen molar-refractivity contribution in [3.63, 3.8) is 0 Å². The molecule has 3 heterocycles. The lowest BCUT2D eigenvalue weighted by Gasteiger charge is -2.30. The van der Waals surface area contributed by atoms with Crippen LogP contribution in [0.5, 0.6) is 0 Å². The fraction of sp³-hybridized carbons (Fsp3) is 0.556. The minimum absolute atomic E-state index is 0.0360. The zero-order valence-electron chi connectivity index (χ0n) is 21.6. The number of hydrogen-bond donors (Lipinski definition) is 2. The summed E-state index contributed by atoms with van der Waals surface area (Å²) in [5.41, 5.74) is 3.21. The van der Waals surface area contributed by atoms with Crippen molar-refractivity contribution in [3.8, 4) is 0 Å². The van der Waals surface area contributed by atoms with Crippen molar-refractivity contribution in [2.45, 2.75) is 64.0 Å². The second-order valence-corrected chi connectivity index (χ2v) is 10.5. The molecule has 2 aliphatic heterocycles. The molecule has 5 rings (SSSR count). The zero-order chi connectivity index (χ0) is 25.2. The van der Waals surface area contributed by atoms with E-state index < -0.39 is 0 Å². The lowest BCUT2D eigenvalue weighted by Crippen LogP contribution is -2.46. The van der Waals surface area contributed by atoms with Gasteiger partial charge < -0.3 is 25.3 Å². The standard InChI is InChI=1S/C27H37N7O2/c1-18-15-19(26(36)29-20-7-6-13-32(2)17-20)10-11-22(18)30-27-28-16-23-25(31-27)34(21-8-4-5-9-21)14-12-24(35)33(23)3/h10-11,15-16,20-21H,4-9,12-14,17H2,1-3H3,(H,29,36)(H,28,30,31). The molecule has 1 atom stereocenters. The molecule has 2 amide bonds. The van der Waals surface area contributed by atoms with Crippen LogP contribution >= 0.6 is 0 Å². The first-order valence-corrected chi connectivity index (χ1v) is 13.2. The quantitative estimate of drug-likeness (QED) is 0.662. The van der Waals surface area contributed by atoms with Gasteiger partial charge in [0.05, 0.1) is 6.20 Å². The zero-order valence-corrected chi connectivity index (χ0v) is 21.6. The maximum Gasteiger partial charge on any atom is 0.251 e. The largest absolute Gasteiger partial charge is 0.351 e. The van der Waals surface area contributed by atoms with Gasteiger partial charge >= 0.3 is 0 Å². The number of amides is 2. The van der Waals surface area contributed by atoms with Crippen LogP contribution in [0.4, 0.5) is 23.1 Å². The van der Waals surface area contributed by atoms with Crippen molar-refractivity contribution in [1.29, 1.82) is 0 Å². The van der Waals surface area contributed by atoms with Gasteiger partial charge in [0.2, 0.25) is 11.9 Å². The molecule has 2 fully saturated rings. The summed E-state index contributed by atoms with van der Waals surface area (Å²) in [6, 6.07) is 6.27. The lowest BCUT2D eigenvalue weighted by atomic mass is 10.0. The Morgan fingerprint density at radius 3 is 2.64 bits per heavy atom. The average molecular weight is 492 g/mol. The van der Waals surface area contributed by atoms with Crippen molar-refractivity contribution in [2.24, 2.45) is 0 Å².